The molecule has 1 amide bonds. The van der Waals surface area contributed by atoms with Gasteiger partial charge in [0, 0.05) is 32.0 Å². The Kier molecular flexibility index (Phi) is 5.45. The summed E-state index contributed by atoms with van der Waals surface area (Å²) >= 11 is 0. The first-order valence-electron chi connectivity index (χ1n) is 10.9. The van der Waals surface area contributed by atoms with Gasteiger partial charge in [0.15, 0.2) is 17.3 Å². The highest BCUT2D eigenvalue weighted by molar-refractivity contribution is 5.85. The van der Waals surface area contributed by atoms with Crippen LogP contribution in [0.25, 0.3) is 0 Å². The van der Waals surface area contributed by atoms with Gasteiger partial charge in [0.25, 0.3) is 5.69 Å². The van der Waals surface area contributed by atoms with Crippen molar-refractivity contribution in [1.29, 1.82) is 0 Å². The molecule has 168 valence electrons. The van der Waals surface area contributed by atoms with E-state index in [1.807, 2.05) is 4.90 Å². The van der Waals surface area contributed by atoms with E-state index in [2.05, 4.69) is 5.32 Å². The molecule has 0 bridgehead atoms. The molecule has 5 rings (SSSR count). The Labute approximate surface area is 179 Å². The third-order valence-corrected chi connectivity index (χ3v) is 6.70. The van der Waals surface area contributed by atoms with Crippen molar-refractivity contribution in [3.8, 4) is 11.5 Å². The summed E-state index contributed by atoms with van der Waals surface area (Å²) in [6.45, 7) is 2.22. The molecule has 1 N–H and O–H groups in total. The molecule has 3 fully saturated rings. The number of piperidine rings is 1. The Morgan fingerprint density at radius 2 is 1.77 bits per heavy atom. The van der Waals surface area contributed by atoms with Crippen LogP contribution in [0.15, 0.2) is 12.1 Å². The van der Waals surface area contributed by atoms with Crippen molar-refractivity contribution < 1.29 is 28.7 Å². The zero-order valence-electron chi connectivity index (χ0n) is 17.3. The van der Waals surface area contributed by atoms with Crippen molar-refractivity contribution in [1.82, 2.24) is 10.2 Å². The zero-order chi connectivity index (χ0) is 21.4. The van der Waals surface area contributed by atoms with Crippen LogP contribution in [0.2, 0.25) is 0 Å². The number of carbonyl (C=O) groups is 1. The van der Waals surface area contributed by atoms with Crippen LogP contribution < -0.4 is 14.8 Å². The predicted octanol–water partition coefficient (Wildman–Crippen LogP) is 2.26. The van der Waals surface area contributed by atoms with Crippen LogP contribution >= 0.6 is 0 Å². The Morgan fingerprint density at radius 3 is 2.42 bits per heavy atom. The lowest BCUT2D eigenvalue weighted by atomic mass is 9.96. The van der Waals surface area contributed by atoms with E-state index in [4.69, 9.17) is 18.9 Å². The standard InChI is InChI=1S/C21H27N3O7/c25-20(22-14-3-1-2-4-14)19(23-7-5-21(6-8-23)30-9-10-31-21)15-11-17-18(29-13-28-17)12-16(15)24(26)27/h11-12,14,19H,1-10,13H2,(H,22,25). The number of hydrogen-bond acceptors (Lipinski definition) is 8. The van der Waals surface area contributed by atoms with Crippen LogP contribution in [0.5, 0.6) is 11.5 Å². The van der Waals surface area contributed by atoms with Crippen LogP contribution in [-0.2, 0) is 14.3 Å². The Morgan fingerprint density at radius 1 is 1.13 bits per heavy atom. The van der Waals surface area contributed by atoms with Gasteiger partial charge in [0.2, 0.25) is 12.7 Å². The van der Waals surface area contributed by atoms with Crippen molar-refractivity contribution in [2.45, 2.75) is 56.4 Å². The van der Waals surface area contributed by atoms with E-state index >= 15 is 0 Å². The van der Waals surface area contributed by atoms with E-state index in [0.717, 1.165) is 25.7 Å². The van der Waals surface area contributed by atoms with E-state index in [1.165, 1.54) is 6.07 Å². The number of nitro benzene ring substituents is 1. The minimum atomic E-state index is -0.797. The van der Waals surface area contributed by atoms with Gasteiger partial charge in [-0.1, -0.05) is 12.8 Å². The molecular formula is C21H27N3O7. The molecule has 2 saturated heterocycles. The predicted molar refractivity (Wildman–Crippen MR) is 108 cm³/mol. The number of hydrogen-bond donors (Lipinski definition) is 1. The van der Waals surface area contributed by atoms with Crippen molar-refractivity contribution in [3.63, 3.8) is 0 Å². The van der Waals surface area contributed by atoms with E-state index in [9.17, 15) is 14.9 Å². The number of benzene rings is 1. The number of carbonyl (C=O) groups excluding carboxylic acids is 1. The van der Waals surface area contributed by atoms with E-state index in [0.29, 0.717) is 56.2 Å². The fourth-order valence-corrected chi connectivity index (χ4v) is 5.09. The van der Waals surface area contributed by atoms with Crippen molar-refractivity contribution in [3.05, 3.63) is 27.8 Å². The summed E-state index contributed by atoms with van der Waals surface area (Å²) in [6.07, 6.45) is 5.26. The normalized spacial score (nSPS) is 23.9. The zero-order valence-corrected chi connectivity index (χ0v) is 17.3. The molecule has 3 heterocycles. The fraction of sp³-hybridized carbons (Fsp3) is 0.667. The van der Waals surface area contributed by atoms with Gasteiger partial charge in [0.05, 0.1) is 29.8 Å². The molecule has 1 aromatic rings. The number of nitrogens with one attached hydrogen (secondary N) is 1. The third kappa shape index (κ3) is 3.95. The second-order valence-electron chi connectivity index (χ2n) is 8.56. The molecule has 1 unspecified atom stereocenters. The van der Waals surface area contributed by atoms with E-state index in [1.54, 1.807) is 6.07 Å². The molecule has 1 aromatic carbocycles. The van der Waals surface area contributed by atoms with E-state index in [-0.39, 0.29) is 24.4 Å². The summed E-state index contributed by atoms with van der Waals surface area (Å²) < 4.78 is 22.4. The van der Waals surface area contributed by atoms with Crippen molar-refractivity contribution >= 4 is 11.6 Å². The lowest BCUT2D eigenvalue weighted by molar-refractivity contribution is -0.386. The molecular weight excluding hydrogens is 406 g/mol. The van der Waals surface area contributed by atoms with Gasteiger partial charge in [-0.3, -0.25) is 19.8 Å². The quantitative estimate of drug-likeness (QED) is 0.556. The Hall–Kier alpha value is -2.43. The molecule has 0 aromatic heterocycles. The number of nitrogens with zero attached hydrogens (tertiary/aromatic N) is 2. The fourth-order valence-electron chi connectivity index (χ4n) is 5.09. The summed E-state index contributed by atoms with van der Waals surface area (Å²) in [5.41, 5.74) is 0.193. The maximum atomic E-state index is 13.5. The number of likely N-dealkylation sites (tertiary alicyclic amines) is 1. The molecule has 10 heteroatoms. The van der Waals surface area contributed by atoms with Gasteiger partial charge in [0.1, 0.15) is 6.04 Å². The van der Waals surface area contributed by atoms with Gasteiger partial charge in [-0.25, -0.2) is 0 Å². The minimum Gasteiger partial charge on any atom is -0.454 e. The number of nitro groups is 1. The third-order valence-electron chi connectivity index (χ3n) is 6.70. The summed E-state index contributed by atoms with van der Waals surface area (Å²) in [5, 5.41) is 15.0. The summed E-state index contributed by atoms with van der Waals surface area (Å²) in [4.78, 5) is 26.9. The molecule has 10 nitrogen and oxygen atoms in total. The van der Waals surface area contributed by atoms with Crippen LogP contribution in [0.1, 0.15) is 50.1 Å². The minimum absolute atomic E-state index is 0.00971. The first-order valence-corrected chi connectivity index (χ1v) is 10.9. The Balaban J connectivity index is 1.47. The summed E-state index contributed by atoms with van der Waals surface area (Å²) in [5.74, 6) is -0.0481. The van der Waals surface area contributed by atoms with E-state index < -0.39 is 16.8 Å². The second-order valence-corrected chi connectivity index (χ2v) is 8.56. The molecule has 0 radical (unpaired) electrons. The lowest BCUT2D eigenvalue weighted by Crippen LogP contribution is -2.50. The molecule has 3 aliphatic heterocycles. The summed E-state index contributed by atoms with van der Waals surface area (Å²) in [6, 6.07) is 2.27. The largest absolute Gasteiger partial charge is 0.454 e. The second kappa shape index (κ2) is 8.25. The van der Waals surface area contributed by atoms with Gasteiger partial charge < -0.3 is 24.3 Å². The Bertz CT molecular complexity index is 855. The highest BCUT2D eigenvalue weighted by atomic mass is 16.7. The van der Waals surface area contributed by atoms with Crippen molar-refractivity contribution in [2.24, 2.45) is 0 Å². The number of fused-ring (bicyclic) bond motifs is 1. The average molecular weight is 433 g/mol. The van der Waals surface area contributed by atoms with Gasteiger partial charge in [-0.05, 0) is 18.9 Å². The smallest absolute Gasteiger partial charge is 0.278 e. The first-order chi connectivity index (χ1) is 15.0. The molecule has 1 atom stereocenters. The van der Waals surface area contributed by atoms with Gasteiger partial charge >= 0.3 is 0 Å². The van der Waals surface area contributed by atoms with Gasteiger partial charge in [-0.2, -0.15) is 0 Å². The number of rotatable bonds is 5. The van der Waals surface area contributed by atoms with Crippen LogP contribution in [0.4, 0.5) is 5.69 Å². The van der Waals surface area contributed by atoms with Crippen LogP contribution in [0.3, 0.4) is 0 Å². The maximum absolute atomic E-state index is 13.5. The highest BCUT2D eigenvalue weighted by Gasteiger charge is 2.44. The maximum Gasteiger partial charge on any atom is 0.278 e. The molecule has 1 spiro atoms. The van der Waals surface area contributed by atoms with Crippen LogP contribution in [-0.4, -0.2) is 60.7 Å². The first kappa shape index (κ1) is 20.5. The molecule has 4 aliphatic rings. The lowest BCUT2D eigenvalue weighted by Gasteiger charge is -2.40. The number of ether oxygens (including phenoxy) is 4. The van der Waals surface area contributed by atoms with Crippen molar-refractivity contribution in [2.75, 3.05) is 33.1 Å². The molecule has 1 saturated carbocycles. The molecule has 1 aliphatic carbocycles. The SMILES string of the molecule is O=C(NC1CCCC1)C(c1cc2c(cc1[N+](=O)[O-])OCO2)N1CCC2(CC1)OCCO2. The highest BCUT2D eigenvalue weighted by Crippen LogP contribution is 2.43. The average Bonchev–Trinajstić information content (AvgIpc) is 3.51. The topological polar surface area (TPSA) is 112 Å². The monoisotopic (exact) mass is 433 g/mol. The van der Waals surface area contributed by atoms with Crippen LogP contribution in [0, 0.1) is 10.1 Å². The number of amides is 1. The van der Waals surface area contributed by atoms with Gasteiger partial charge in [-0.15, -0.1) is 0 Å². The summed E-state index contributed by atoms with van der Waals surface area (Å²) in [7, 11) is 0. The molecule has 31 heavy (non-hydrogen) atoms.